The number of hydrogen-bond donors (Lipinski definition) is 1. The highest BCUT2D eigenvalue weighted by Crippen LogP contribution is 2.38. The van der Waals surface area contributed by atoms with Gasteiger partial charge in [0, 0.05) is 23.6 Å². The summed E-state index contributed by atoms with van der Waals surface area (Å²) in [6.45, 7) is 0. The van der Waals surface area contributed by atoms with E-state index in [1.54, 1.807) is 12.1 Å². The predicted octanol–water partition coefficient (Wildman–Crippen LogP) is 4.01. The van der Waals surface area contributed by atoms with Crippen molar-refractivity contribution in [3.8, 4) is 11.3 Å². The number of pyridine rings is 1. The van der Waals surface area contributed by atoms with Gasteiger partial charge < -0.3 is 9.73 Å². The monoisotopic (exact) mass is 333 g/mol. The maximum Gasteiger partial charge on any atom is 0.417 e. The van der Waals surface area contributed by atoms with E-state index in [2.05, 4.69) is 15.3 Å². The maximum absolute atomic E-state index is 13.2. The largest absolute Gasteiger partial charge is 0.443 e. The molecule has 8 heteroatoms. The van der Waals surface area contributed by atoms with E-state index in [1.165, 1.54) is 30.6 Å². The average molecular weight is 333 g/mol. The smallest absolute Gasteiger partial charge is 0.417 e. The number of benzene rings is 1. The third-order valence-corrected chi connectivity index (χ3v) is 3.20. The van der Waals surface area contributed by atoms with Crippen LogP contribution in [0.25, 0.3) is 11.3 Å². The Bertz CT molecular complexity index is 860. The Kier molecular flexibility index (Phi) is 4.03. The summed E-state index contributed by atoms with van der Waals surface area (Å²) in [5.41, 5.74) is -0.946. The molecule has 2 heterocycles. The number of hydrogen-bond acceptors (Lipinski definition) is 4. The molecule has 1 aromatic carbocycles. The number of nitrogens with zero attached hydrogens (tertiary/aromatic N) is 2. The van der Waals surface area contributed by atoms with Crippen molar-refractivity contribution >= 4 is 11.6 Å². The lowest BCUT2D eigenvalue weighted by molar-refractivity contribution is -0.137. The predicted molar refractivity (Wildman–Crippen MR) is 79.1 cm³/mol. The Morgan fingerprint density at radius 1 is 1.08 bits per heavy atom. The standard InChI is InChI=1S/C16H10F3N3O2/c17-16(18,19)12-4-2-1-3-11(12)14-13(21-9-24-14)15(23)22-10-5-7-20-8-6-10/h1-9H,(H,20,22,23). The van der Waals surface area contributed by atoms with Crippen LogP contribution in [-0.2, 0) is 6.18 Å². The van der Waals surface area contributed by atoms with Crippen molar-refractivity contribution in [3.63, 3.8) is 0 Å². The molecule has 0 bridgehead atoms. The van der Waals surface area contributed by atoms with Crippen LogP contribution in [0.5, 0.6) is 0 Å². The molecule has 24 heavy (non-hydrogen) atoms. The van der Waals surface area contributed by atoms with Crippen LogP contribution >= 0.6 is 0 Å². The fourth-order valence-corrected chi connectivity index (χ4v) is 2.15. The van der Waals surface area contributed by atoms with E-state index in [4.69, 9.17) is 4.42 Å². The first-order valence-corrected chi connectivity index (χ1v) is 6.78. The van der Waals surface area contributed by atoms with Gasteiger partial charge in [0.2, 0.25) is 0 Å². The second-order valence-corrected chi connectivity index (χ2v) is 4.76. The summed E-state index contributed by atoms with van der Waals surface area (Å²) in [4.78, 5) is 19.9. The summed E-state index contributed by atoms with van der Waals surface area (Å²) in [7, 11) is 0. The first-order chi connectivity index (χ1) is 11.5. The van der Waals surface area contributed by atoms with Gasteiger partial charge >= 0.3 is 6.18 Å². The molecule has 2 aromatic heterocycles. The normalized spacial score (nSPS) is 11.3. The summed E-state index contributed by atoms with van der Waals surface area (Å²) < 4.78 is 44.5. The van der Waals surface area contributed by atoms with Crippen LogP contribution in [0.3, 0.4) is 0 Å². The van der Waals surface area contributed by atoms with Crippen LogP contribution in [0.1, 0.15) is 16.1 Å². The molecular formula is C16H10F3N3O2. The Labute approximate surface area is 134 Å². The number of alkyl halides is 3. The van der Waals surface area contributed by atoms with Crippen LogP contribution in [0, 0.1) is 0 Å². The van der Waals surface area contributed by atoms with Crippen molar-refractivity contribution in [2.75, 3.05) is 5.32 Å². The molecule has 0 radical (unpaired) electrons. The van der Waals surface area contributed by atoms with Gasteiger partial charge in [0.15, 0.2) is 17.8 Å². The Balaban J connectivity index is 1.99. The summed E-state index contributed by atoms with van der Waals surface area (Å²) in [6, 6.07) is 7.93. The minimum absolute atomic E-state index is 0.233. The van der Waals surface area contributed by atoms with Gasteiger partial charge in [-0.2, -0.15) is 13.2 Å². The molecule has 0 aliphatic carbocycles. The zero-order valence-corrected chi connectivity index (χ0v) is 12.0. The zero-order valence-electron chi connectivity index (χ0n) is 12.0. The number of oxazole rings is 1. The Hall–Kier alpha value is -3.16. The van der Waals surface area contributed by atoms with Gasteiger partial charge in [-0.1, -0.05) is 18.2 Å². The molecule has 0 spiro atoms. The van der Waals surface area contributed by atoms with Crippen LogP contribution in [0.4, 0.5) is 18.9 Å². The minimum Gasteiger partial charge on any atom is -0.443 e. The third kappa shape index (κ3) is 3.12. The van der Waals surface area contributed by atoms with Gasteiger partial charge in [0.1, 0.15) is 0 Å². The summed E-state index contributed by atoms with van der Waals surface area (Å²) in [5, 5.41) is 2.53. The van der Waals surface area contributed by atoms with E-state index in [-0.39, 0.29) is 17.0 Å². The Morgan fingerprint density at radius 3 is 2.50 bits per heavy atom. The highest BCUT2D eigenvalue weighted by molar-refractivity contribution is 6.06. The number of anilines is 1. The van der Waals surface area contributed by atoms with Gasteiger partial charge in [-0.15, -0.1) is 0 Å². The number of amides is 1. The highest BCUT2D eigenvalue weighted by atomic mass is 19.4. The van der Waals surface area contributed by atoms with E-state index < -0.39 is 17.6 Å². The average Bonchev–Trinajstić information content (AvgIpc) is 3.04. The van der Waals surface area contributed by atoms with Crippen molar-refractivity contribution in [3.05, 3.63) is 66.4 Å². The van der Waals surface area contributed by atoms with E-state index >= 15 is 0 Å². The molecule has 0 fully saturated rings. The molecule has 3 aromatic rings. The highest BCUT2D eigenvalue weighted by Gasteiger charge is 2.35. The van der Waals surface area contributed by atoms with Crippen molar-refractivity contribution < 1.29 is 22.4 Å². The first-order valence-electron chi connectivity index (χ1n) is 6.78. The molecule has 0 atom stereocenters. The molecule has 122 valence electrons. The van der Waals surface area contributed by atoms with E-state index in [1.807, 2.05) is 0 Å². The molecule has 3 rings (SSSR count). The summed E-state index contributed by atoms with van der Waals surface area (Å²) in [6.07, 6.45) is -0.706. The van der Waals surface area contributed by atoms with Crippen molar-refractivity contribution in [2.45, 2.75) is 6.18 Å². The second-order valence-electron chi connectivity index (χ2n) is 4.76. The third-order valence-electron chi connectivity index (χ3n) is 3.20. The number of aromatic nitrogens is 2. The molecule has 5 nitrogen and oxygen atoms in total. The molecule has 1 amide bonds. The van der Waals surface area contributed by atoms with Crippen LogP contribution in [0.2, 0.25) is 0 Å². The summed E-state index contributed by atoms with van der Waals surface area (Å²) >= 11 is 0. The number of carbonyl (C=O) groups excluding carboxylic acids is 1. The lowest BCUT2D eigenvalue weighted by atomic mass is 10.0. The number of nitrogens with one attached hydrogen (secondary N) is 1. The zero-order chi connectivity index (χ0) is 17.2. The lowest BCUT2D eigenvalue weighted by Gasteiger charge is -2.11. The van der Waals surface area contributed by atoms with Gasteiger partial charge in [-0.25, -0.2) is 4.98 Å². The molecule has 0 unspecified atom stereocenters. The van der Waals surface area contributed by atoms with Crippen LogP contribution in [0.15, 0.2) is 59.6 Å². The fraction of sp³-hybridized carbons (Fsp3) is 0.0625. The van der Waals surface area contributed by atoms with Gasteiger partial charge in [-0.05, 0) is 18.2 Å². The minimum atomic E-state index is -4.58. The van der Waals surface area contributed by atoms with Crippen LogP contribution < -0.4 is 5.32 Å². The molecule has 0 aliphatic heterocycles. The SMILES string of the molecule is O=C(Nc1ccncc1)c1ncoc1-c1ccccc1C(F)(F)F. The lowest BCUT2D eigenvalue weighted by Crippen LogP contribution is -2.14. The van der Waals surface area contributed by atoms with Crippen molar-refractivity contribution in [1.82, 2.24) is 9.97 Å². The van der Waals surface area contributed by atoms with Gasteiger partial charge in [0.25, 0.3) is 5.91 Å². The summed E-state index contributed by atoms with van der Waals surface area (Å²) in [5.74, 6) is -0.920. The van der Waals surface area contributed by atoms with Gasteiger partial charge in [0.05, 0.1) is 5.56 Å². The molecule has 0 aliphatic rings. The molecule has 1 N–H and O–H groups in total. The van der Waals surface area contributed by atoms with E-state index in [0.29, 0.717) is 5.69 Å². The molecule has 0 saturated heterocycles. The topological polar surface area (TPSA) is 68.0 Å². The Morgan fingerprint density at radius 2 is 1.79 bits per heavy atom. The molecule has 0 saturated carbocycles. The van der Waals surface area contributed by atoms with Crippen molar-refractivity contribution in [1.29, 1.82) is 0 Å². The maximum atomic E-state index is 13.2. The number of carbonyl (C=O) groups is 1. The van der Waals surface area contributed by atoms with Gasteiger partial charge in [-0.3, -0.25) is 9.78 Å². The van der Waals surface area contributed by atoms with Crippen LogP contribution in [-0.4, -0.2) is 15.9 Å². The molecular weight excluding hydrogens is 323 g/mol. The second kappa shape index (κ2) is 6.15. The van der Waals surface area contributed by atoms with E-state index in [9.17, 15) is 18.0 Å². The quantitative estimate of drug-likeness (QED) is 0.786. The van der Waals surface area contributed by atoms with Crippen molar-refractivity contribution in [2.24, 2.45) is 0 Å². The van der Waals surface area contributed by atoms with E-state index in [0.717, 1.165) is 12.5 Å². The first kappa shape index (κ1) is 15.7. The fourth-order valence-electron chi connectivity index (χ4n) is 2.15. The number of rotatable bonds is 3. The number of halogens is 3.